The Morgan fingerprint density at radius 2 is 1.71 bits per heavy atom. The van der Waals surface area contributed by atoms with Gasteiger partial charge < -0.3 is 4.74 Å². The normalized spacial score (nSPS) is 27.9. The van der Waals surface area contributed by atoms with Crippen molar-refractivity contribution in [2.75, 3.05) is 39.4 Å². The van der Waals surface area contributed by atoms with Gasteiger partial charge in [-0.05, 0) is 26.3 Å². The summed E-state index contributed by atoms with van der Waals surface area (Å²) in [4.78, 5) is 5.13. The number of ether oxygens (including phenoxy) is 1. The fourth-order valence-electron chi connectivity index (χ4n) is 2.52. The summed E-state index contributed by atoms with van der Waals surface area (Å²) in [5.74, 6) is 0.642. The molecule has 0 N–H and O–H groups in total. The Kier molecular flexibility index (Phi) is 6.45. The quantitative estimate of drug-likeness (QED) is 0.663. The Balaban J connectivity index is 2.25. The van der Waals surface area contributed by atoms with Crippen molar-refractivity contribution in [2.45, 2.75) is 46.7 Å². The van der Waals surface area contributed by atoms with Crippen molar-refractivity contribution in [1.82, 2.24) is 9.80 Å². The van der Waals surface area contributed by atoms with E-state index >= 15 is 0 Å². The minimum atomic E-state index is 0.642. The maximum atomic E-state index is 5.68. The summed E-state index contributed by atoms with van der Waals surface area (Å²) in [5.41, 5.74) is 0. The summed E-state index contributed by atoms with van der Waals surface area (Å²) in [5, 5.41) is 0. The summed E-state index contributed by atoms with van der Waals surface area (Å²) in [6.07, 6.45) is 0. The van der Waals surface area contributed by atoms with E-state index in [9.17, 15) is 0 Å². The van der Waals surface area contributed by atoms with Gasteiger partial charge in [-0.2, -0.15) is 0 Å². The average molecular weight is 242 g/mol. The van der Waals surface area contributed by atoms with Crippen molar-refractivity contribution in [3.8, 4) is 0 Å². The molecule has 0 unspecified atom stereocenters. The van der Waals surface area contributed by atoms with Crippen LogP contribution in [0.15, 0.2) is 0 Å². The van der Waals surface area contributed by atoms with E-state index in [4.69, 9.17) is 4.74 Å². The molecule has 0 bridgehead atoms. The molecule has 1 saturated heterocycles. The highest BCUT2D eigenvalue weighted by molar-refractivity contribution is 4.83. The molecule has 0 saturated carbocycles. The lowest BCUT2D eigenvalue weighted by molar-refractivity contribution is 0.0179. The maximum absolute atomic E-state index is 5.68. The van der Waals surface area contributed by atoms with Crippen molar-refractivity contribution >= 4 is 0 Å². The number of hydrogen-bond donors (Lipinski definition) is 0. The van der Waals surface area contributed by atoms with Gasteiger partial charge in [0, 0.05) is 38.3 Å². The molecule has 1 fully saturated rings. The molecule has 1 rings (SSSR count). The molecule has 0 aromatic rings. The third kappa shape index (κ3) is 4.94. The van der Waals surface area contributed by atoms with Gasteiger partial charge in [-0.1, -0.05) is 20.8 Å². The molecule has 1 aliphatic rings. The van der Waals surface area contributed by atoms with Crippen LogP contribution >= 0.6 is 0 Å². The molecule has 0 aliphatic carbocycles. The van der Waals surface area contributed by atoms with E-state index in [2.05, 4.69) is 44.4 Å². The van der Waals surface area contributed by atoms with Crippen LogP contribution in [0.4, 0.5) is 0 Å². The van der Waals surface area contributed by atoms with Crippen LogP contribution in [0.1, 0.15) is 34.6 Å². The van der Waals surface area contributed by atoms with E-state index in [0.717, 1.165) is 19.8 Å². The molecule has 1 heterocycles. The molecule has 0 aromatic carbocycles. The van der Waals surface area contributed by atoms with Gasteiger partial charge in [0.15, 0.2) is 0 Å². The molecule has 102 valence electrons. The summed E-state index contributed by atoms with van der Waals surface area (Å²) < 4.78 is 5.68. The van der Waals surface area contributed by atoms with Crippen molar-refractivity contribution in [2.24, 2.45) is 5.92 Å². The maximum Gasteiger partial charge on any atom is 0.0593 e. The minimum Gasteiger partial charge on any atom is -0.380 e. The molecule has 0 spiro atoms. The van der Waals surface area contributed by atoms with E-state index in [1.54, 1.807) is 0 Å². The smallest absolute Gasteiger partial charge is 0.0593 e. The van der Waals surface area contributed by atoms with E-state index in [-0.39, 0.29) is 0 Å². The Morgan fingerprint density at radius 3 is 2.29 bits per heavy atom. The highest BCUT2D eigenvalue weighted by Crippen LogP contribution is 2.14. The number of hydrogen-bond acceptors (Lipinski definition) is 3. The fraction of sp³-hybridized carbons (Fsp3) is 1.00. The van der Waals surface area contributed by atoms with Crippen LogP contribution in [0.3, 0.4) is 0 Å². The zero-order valence-corrected chi connectivity index (χ0v) is 12.3. The highest BCUT2D eigenvalue weighted by Gasteiger charge is 2.27. The lowest BCUT2D eigenvalue weighted by Crippen LogP contribution is -2.56. The van der Waals surface area contributed by atoms with Crippen molar-refractivity contribution in [3.63, 3.8) is 0 Å². The first-order valence-corrected chi connectivity index (χ1v) is 7.10. The highest BCUT2D eigenvalue weighted by atomic mass is 16.5. The first-order chi connectivity index (χ1) is 8.04. The number of piperazine rings is 1. The largest absolute Gasteiger partial charge is 0.380 e. The summed E-state index contributed by atoms with van der Waals surface area (Å²) in [6, 6.07) is 1.34. The predicted octanol–water partition coefficient (Wildman–Crippen LogP) is 2.07. The molecule has 3 heteroatoms. The van der Waals surface area contributed by atoms with E-state index in [1.165, 1.54) is 19.6 Å². The van der Waals surface area contributed by atoms with E-state index < -0.39 is 0 Å². The number of nitrogens with zero attached hydrogens (tertiary/aromatic N) is 2. The van der Waals surface area contributed by atoms with Gasteiger partial charge in [-0.25, -0.2) is 0 Å². The number of likely N-dealkylation sites (N-methyl/N-ethyl adjacent to an activating group) is 1. The second-order valence-corrected chi connectivity index (χ2v) is 5.75. The Bertz CT molecular complexity index is 208. The minimum absolute atomic E-state index is 0.642. The SMILES string of the molecule is CCN1C[C@@H](C)N(CCOCC(C)C)C[C@H]1C. The molecule has 1 aliphatic heterocycles. The van der Waals surface area contributed by atoms with Gasteiger partial charge in [0.2, 0.25) is 0 Å². The molecular formula is C14H30N2O. The molecule has 17 heavy (non-hydrogen) atoms. The molecular weight excluding hydrogens is 212 g/mol. The Morgan fingerprint density at radius 1 is 1.12 bits per heavy atom. The van der Waals surface area contributed by atoms with Crippen LogP contribution in [-0.2, 0) is 4.74 Å². The fourth-order valence-corrected chi connectivity index (χ4v) is 2.52. The van der Waals surface area contributed by atoms with Crippen molar-refractivity contribution < 1.29 is 4.74 Å². The van der Waals surface area contributed by atoms with Crippen molar-refractivity contribution in [1.29, 1.82) is 0 Å². The lowest BCUT2D eigenvalue weighted by Gasteiger charge is -2.43. The Hall–Kier alpha value is -0.120. The Labute approximate surface area is 107 Å². The zero-order valence-electron chi connectivity index (χ0n) is 12.3. The monoisotopic (exact) mass is 242 g/mol. The average Bonchev–Trinajstić information content (AvgIpc) is 2.28. The van der Waals surface area contributed by atoms with Gasteiger partial charge in [0.1, 0.15) is 0 Å². The van der Waals surface area contributed by atoms with Crippen LogP contribution in [0, 0.1) is 5.92 Å². The van der Waals surface area contributed by atoms with Gasteiger partial charge in [-0.3, -0.25) is 9.80 Å². The topological polar surface area (TPSA) is 15.7 Å². The third-order valence-corrected chi connectivity index (χ3v) is 3.62. The van der Waals surface area contributed by atoms with Crippen LogP contribution in [-0.4, -0.2) is 61.3 Å². The van der Waals surface area contributed by atoms with Crippen LogP contribution in [0.2, 0.25) is 0 Å². The van der Waals surface area contributed by atoms with Crippen molar-refractivity contribution in [3.05, 3.63) is 0 Å². The van der Waals surface area contributed by atoms with E-state index in [1.807, 2.05) is 0 Å². The van der Waals surface area contributed by atoms with Gasteiger partial charge in [-0.15, -0.1) is 0 Å². The molecule has 0 radical (unpaired) electrons. The molecule has 3 nitrogen and oxygen atoms in total. The number of rotatable bonds is 6. The van der Waals surface area contributed by atoms with E-state index in [0.29, 0.717) is 18.0 Å². The standard InChI is InChI=1S/C14H30N2O/c1-6-15-9-14(5)16(10-13(15)4)7-8-17-11-12(2)3/h12-14H,6-11H2,1-5H3/t13-,14-/m1/s1. The second-order valence-electron chi connectivity index (χ2n) is 5.75. The van der Waals surface area contributed by atoms with Gasteiger partial charge in [0.05, 0.1) is 6.61 Å². The zero-order chi connectivity index (χ0) is 12.8. The van der Waals surface area contributed by atoms with Gasteiger partial charge in [0.25, 0.3) is 0 Å². The first kappa shape index (κ1) is 14.9. The first-order valence-electron chi connectivity index (χ1n) is 7.10. The molecule has 0 aromatic heterocycles. The lowest BCUT2D eigenvalue weighted by atomic mass is 10.1. The third-order valence-electron chi connectivity index (χ3n) is 3.62. The summed E-state index contributed by atoms with van der Waals surface area (Å²) in [7, 11) is 0. The summed E-state index contributed by atoms with van der Waals surface area (Å²) >= 11 is 0. The molecule has 2 atom stereocenters. The van der Waals surface area contributed by atoms with Crippen LogP contribution in [0.5, 0.6) is 0 Å². The van der Waals surface area contributed by atoms with Crippen LogP contribution in [0.25, 0.3) is 0 Å². The second kappa shape index (κ2) is 7.34. The summed E-state index contributed by atoms with van der Waals surface area (Å²) in [6.45, 7) is 17.7. The molecule has 0 amide bonds. The van der Waals surface area contributed by atoms with Gasteiger partial charge >= 0.3 is 0 Å². The predicted molar refractivity (Wildman–Crippen MR) is 73.4 cm³/mol. The van der Waals surface area contributed by atoms with Crippen LogP contribution < -0.4 is 0 Å².